The zero-order valence-corrected chi connectivity index (χ0v) is 14.6. The Kier molecular flexibility index (Phi) is 3.87. The monoisotopic (exact) mass is 392 g/mol. The first-order valence-corrected chi connectivity index (χ1v) is 8.56. The number of halogens is 3. The molecule has 0 spiro atoms. The van der Waals surface area contributed by atoms with Gasteiger partial charge in [-0.1, -0.05) is 6.07 Å². The Hall–Kier alpha value is -4.01. The van der Waals surface area contributed by atoms with Crippen LogP contribution in [0.5, 0.6) is 0 Å². The highest BCUT2D eigenvalue weighted by Crippen LogP contribution is 2.40. The van der Waals surface area contributed by atoms with Crippen LogP contribution in [0.15, 0.2) is 60.0 Å². The van der Waals surface area contributed by atoms with Crippen molar-refractivity contribution in [2.24, 2.45) is 4.99 Å². The van der Waals surface area contributed by atoms with Gasteiger partial charge in [-0.15, -0.1) is 0 Å². The highest BCUT2D eigenvalue weighted by molar-refractivity contribution is 6.13. The predicted molar refractivity (Wildman–Crippen MR) is 101 cm³/mol. The summed E-state index contributed by atoms with van der Waals surface area (Å²) < 4.78 is 43.7. The molecule has 4 aromatic rings. The van der Waals surface area contributed by atoms with Gasteiger partial charge in [-0.3, -0.25) is 5.10 Å². The second-order valence-electron chi connectivity index (χ2n) is 6.31. The number of nitrogens with zero attached hydrogens (tertiary/aromatic N) is 4. The minimum Gasteiger partial charge on any atom is -0.336 e. The summed E-state index contributed by atoms with van der Waals surface area (Å²) in [6, 6.07) is 7.94. The van der Waals surface area contributed by atoms with E-state index in [1.54, 1.807) is 6.07 Å². The normalized spacial score (nSPS) is 12.4. The maximum Gasteiger partial charge on any atom is 0.144 e. The van der Waals surface area contributed by atoms with Crippen molar-refractivity contribution in [2.75, 3.05) is 5.32 Å². The summed E-state index contributed by atoms with van der Waals surface area (Å²) in [5.41, 5.74) is 1.89. The third-order valence-electron chi connectivity index (χ3n) is 4.56. The highest BCUT2D eigenvalue weighted by atomic mass is 19.1. The Morgan fingerprint density at radius 2 is 1.69 bits per heavy atom. The molecule has 2 aromatic carbocycles. The lowest BCUT2D eigenvalue weighted by atomic mass is 10.0. The van der Waals surface area contributed by atoms with Crippen LogP contribution in [0.1, 0.15) is 5.56 Å². The molecule has 0 atom stereocenters. The van der Waals surface area contributed by atoms with Gasteiger partial charge >= 0.3 is 0 Å². The average Bonchev–Trinajstić information content (AvgIpc) is 3.12. The molecular formula is C20H11F3N6. The fourth-order valence-electron chi connectivity index (χ4n) is 3.22. The van der Waals surface area contributed by atoms with Gasteiger partial charge < -0.3 is 5.32 Å². The van der Waals surface area contributed by atoms with Crippen LogP contribution < -0.4 is 5.32 Å². The van der Waals surface area contributed by atoms with E-state index in [4.69, 9.17) is 0 Å². The molecule has 0 saturated heterocycles. The Balaban J connectivity index is 1.78. The molecule has 1 aliphatic heterocycles. The highest BCUT2D eigenvalue weighted by Gasteiger charge is 2.24. The molecule has 0 unspecified atom stereocenters. The number of amidine groups is 1. The van der Waals surface area contributed by atoms with Gasteiger partial charge in [0.25, 0.3) is 0 Å². The largest absolute Gasteiger partial charge is 0.336 e. The second-order valence-corrected chi connectivity index (χ2v) is 6.31. The third-order valence-corrected chi connectivity index (χ3v) is 4.56. The van der Waals surface area contributed by atoms with Gasteiger partial charge in [0.1, 0.15) is 29.0 Å². The lowest BCUT2D eigenvalue weighted by molar-refractivity contribution is 0.579. The van der Waals surface area contributed by atoms with Gasteiger partial charge in [-0.05, 0) is 30.3 Å². The molecule has 0 amide bonds. The second kappa shape index (κ2) is 6.55. The number of rotatable bonds is 2. The number of H-pyrrole nitrogens is 1. The standard InChI is InChI=1S/C20H11F3N6/c21-13-2-1-3-14(22)18(13)20-27-16-7-11(10-4-5-24-25-8-10)15(23)6-12(16)19-17(28-20)9-26-29-19/h1-9H,(H,26,29)(H,27,28). The molecule has 5 rings (SSSR count). The number of hydrogen-bond acceptors (Lipinski definition) is 5. The zero-order chi connectivity index (χ0) is 20.0. The average molecular weight is 392 g/mol. The van der Waals surface area contributed by atoms with Crippen LogP contribution >= 0.6 is 0 Å². The fraction of sp³-hybridized carbons (Fsp3) is 0. The van der Waals surface area contributed by atoms with E-state index in [1.807, 2.05) is 0 Å². The number of aliphatic imine (C=N–C) groups is 1. The van der Waals surface area contributed by atoms with E-state index >= 15 is 0 Å². The van der Waals surface area contributed by atoms with Gasteiger partial charge in [0, 0.05) is 22.9 Å². The Morgan fingerprint density at radius 3 is 2.45 bits per heavy atom. The number of hydrogen-bond donors (Lipinski definition) is 2. The van der Waals surface area contributed by atoms with Gasteiger partial charge in [-0.25, -0.2) is 18.2 Å². The quantitative estimate of drug-likeness (QED) is 0.528. The summed E-state index contributed by atoms with van der Waals surface area (Å²) in [7, 11) is 0. The SMILES string of the molecule is Fc1cc2c(cc1-c1ccnnc1)N=C(c1c(F)cccc1F)Nc1c[nH]nc1-2. The van der Waals surface area contributed by atoms with Crippen LogP contribution in [0, 0.1) is 17.5 Å². The molecule has 1 aliphatic rings. The molecule has 6 nitrogen and oxygen atoms in total. The zero-order valence-electron chi connectivity index (χ0n) is 14.6. The summed E-state index contributed by atoms with van der Waals surface area (Å²) in [5, 5.41) is 17.2. The molecule has 0 radical (unpaired) electrons. The van der Waals surface area contributed by atoms with Crippen LogP contribution in [-0.4, -0.2) is 26.2 Å². The maximum atomic E-state index is 14.9. The first-order chi connectivity index (χ1) is 14.1. The van der Waals surface area contributed by atoms with E-state index in [0.29, 0.717) is 28.2 Å². The van der Waals surface area contributed by atoms with Crippen molar-refractivity contribution >= 4 is 17.2 Å². The van der Waals surface area contributed by atoms with Crippen molar-refractivity contribution in [1.29, 1.82) is 0 Å². The number of fused-ring (bicyclic) bond motifs is 3. The van der Waals surface area contributed by atoms with Gasteiger partial charge in [0.15, 0.2) is 0 Å². The Labute approximate surface area is 162 Å². The summed E-state index contributed by atoms with van der Waals surface area (Å²) in [4.78, 5) is 4.41. The van der Waals surface area contributed by atoms with Crippen molar-refractivity contribution < 1.29 is 13.2 Å². The molecule has 0 fully saturated rings. The molecular weight excluding hydrogens is 381 g/mol. The van der Waals surface area contributed by atoms with E-state index in [0.717, 1.165) is 12.1 Å². The van der Waals surface area contributed by atoms with E-state index in [1.165, 1.54) is 36.8 Å². The first-order valence-electron chi connectivity index (χ1n) is 8.56. The van der Waals surface area contributed by atoms with Crippen LogP contribution in [0.2, 0.25) is 0 Å². The van der Waals surface area contributed by atoms with Crippen molar-refractivity contribution in [3.8, 4) is 22.4 Å². The topological polar surface area (TPSA) is 78.9 Å². The van der Waals surface area contributed by atoms with Crippen LogP contribution in [0.4, 0.5) is 24.5 Å². The molecule has 9 heteroatoms. The van der Waals surface area contributed by atoms with Crippen molar-refractivity contribution in [1.82, 2.24) is 20.4 Å². The molecule has 0 aliphatic carbocycles. The van der Waals surface area contributed by atoms with E-state index in [9.17, 15) is 13.2 Å². The number of benzene rings is 2. The van der Waals surface area contributed by atoms with Gasteiger partial charge in [-0.2, -0.15) is 15.3 Å². The van der Waals surface area contributed by atoms with Crippen molar-refractivity contribution in [3.05, 3.63) is 78.0 Å². The summed E-state index contributed by atoms with van der Waals surface area (Å²) in [6.07, 6.45) is 4.37. The molecule has 3 heterocycles. The Morgan fingerprint density at radius 1 is 0.862 bits per heavy atom. The number of anilines is 1. The molecule has 0 bridgehead atoms. The Bertz CT molecular complexity index is 1250. The molecule has 2 N–H and O–H groups in total. The van der Waals surface area contributed by atoms with Crippen molar-refractivity contribution in [3.63, 3.8) is 0 Å². The first kappa shape index (κ1) is 17.1. The van der Waals surface area contributed by atoms with E-state index in [2.05, 4.69) is 30.7 Å². The molecule has 2 aromatic heterocycles. The van der Waals surface area contributed by atoms with E-state index < -0.39 is 17.5 Å². The third kappa shape index (κ3) is 2.83. The number of nitrogens with one attached hydrogen (secondary N) is 2. The minimum absolute atomic E-state index is 0.0487. The van der Waals surface area contributed by atoms with Gasteiger partial charge in [0.05, 0.1) is 29.3 Å². The smallest absolute Gasteiger partial charge is 0.144 e. The summed E-state index contributed by atoms with van der Waals surface area (Å²) in [5.74, 6) is -2.11. The summed E-state index contributed by atoms with van der Waals surface area (Å²) >= 11 is 0. The fourth-order valence-corrected chi connectivity index (χ4v) is 3.22. The maximum absolute atomic E-state index is 14.9. The lowest BCUT2D eigenvalue weighted by Crippen LogP contribution is -2.16. The molecule has 142 valence electrons. The van der Waals surface area contributed by atoms with Crippen molar-refractivity contribution in [2.45, 2.75) is 0 Å². The number of aromatic nitrogens is 4. The summed E-state index contributed by atoms with van der Waals surface area (Å²) in [6.45, 7) is 0. The number of aromatic amines is 1. The minimum atomic E-state index is -0.773. The lowest BCUT2D eigenvalue weighted by Gasteiger charge is -2.10. The molecule has 0 saturated carbocycles. The van der Waals surface area contributed by atoms with Crippen LogP contribution in [0.3, 0.4) is 0 Å². The van der Waals surface area contributed by atoms with Crippen LogP contribution in [-0.2, 0) is 0 Å². The van der Waals surface area contributed by atoms with E-state index in [-0.39, 0.29) is 17.0 Å². The molecule has 29 heavy (non-hydrogen) atoms. The van der Waals surface area contributed by atoms with Gasteiger partial charge in [0.2, 0.25) is 0 Å². The van der Waals surface area contributed by atoms with Crippen LogP contribution in [0.25, 0.3) is 22.4 Å². The predicted octanol–water partition coefficient (Wildman–Crippen LogP) is 4.45.